The first-order valence-corrected chi connectivity index (χ1v) is 10.6. The van der Waals surface area contributed by atoms with Crippen LogP contribution in [-0.4, -0.2) is 32.1 Å². The molecule has 10 heteroatoms. The molecule has 33 heavy (non-hydrogen) atoms. The van der Waals surface area contributed by atoms with E-state index in [0.717, 1.165) is 16.9 Å². The van der Waals surface area contributed by atoms with Crippen LogP contribution < -0.4 is 9.77 Å². The second-order valence-corrected chi connectivity index (χ2v) is 8.26. The van der Waals surface area contributed by atoms with E-state index in [4.69, 9.17) is 4.42 Å². The van der Waals surface area contributed by atoms with E-state index < -0.39 is 11.9 Å². The minimum absolute atomic E-state index is 0.0477. The summed E-state index contributed by atoms with van der Waals surface area (Å²) in [6.07, 6.45) is 0. The van der Waals surface area contributed by atoms with Crippen LogP contribution in [0.3, 0.4) is 0 Å². The Bertz CT molecular complexity index is 1400. The van der Waals surface area contributed by atoms with Gasteiger partial charge in [-0.1, -0.05) is 41.7 Å². The summed E-state index contributed by atoms with van der Waals surface area (Å²) in [7, 11) is 0. The van der Waals surface area contributed by atoms with Crippen LogP contribution in [0.15, 0.2) is 57.7 Å². The summed E-state index contributed by atoms with van der Waals surface area (Å²) < 4.78 is 5.41. The molecule has 9 nitrogen and oxygen atoms in total. The number of thiazole rings is 1. The summed E-state index contributed by atoms with van der Waals surface area (Å²) in [5.74, 6) is -1.02. The fraction of sp³-hybridized carbons (Fsp3) is 0.130. The van der Waals surface area contributed by atoms with Gasteiger partial charge in [-0.3, -0.25) is 14.6 Å². The van der Waals surface area contributed by atoms with Gasteiger partial charge in [-0.2, -0.15) is 0 Å². The van der Waals surface area contributed by atoms with E-state index in [1.54, 1.807) is 50.2 Å². The lowest BCUT2D eigenvalue weighted by Crippen LogP contribution is -2.31. The summed E-state index contributed by atoms with van der Waals surface area (Å²) in [4.78, 5) is 44.3. The van der Waals surface area contributed by atoms with Crippen LogP contribution in [0.2, 0.25) is 0 Å². The summed E-state index contributed by atoms with van der Waals surface area (Å²) in [6, 6.07) is 13.1. The maximum absolute atomic E-state index is 13.4. The van der Waals surface area contributed by atoms with Crippen LogP contribution in [0.5, 0.6) is 5.88 Å². The van der Waals surface area contributed by atoms with Crippen molar-refractivity contribution in [2.75, 3.05) is 4.90 Å². The maximum atomic E-state index is 13.4. The number of aromatic amines is 1. The van der Waals surface area contributed by atoms with Crippen LogP contribution in [0.1, 0.15) is 38.1 Å². The number of rotatable bonds is 6. The molecule has 3 N–H and O–H groups in total. The zero-order chi connectivity index (χ0) is 23.7. The van der Waals surface area contributed by atoms with Crippen LogP contribution in [0, 0.1) is 13.8 Å². The number of aromatic carboxylic acids is 1. The number of nitrogens with zero attached hydrogens (tertiary/aromatic N) is 2. The normalized spacial score (nSPS) is 10.8. The number of carbonyl (C=O) groups is 2. The second kappa shape index (κ2) is 8.75. The highest BCUT2D eigenvalue weighted by atomic mass is 32.1. The maximum Gasteiger partial charge on any atom is 0.335 e. The number of oxazole rings is 1. The van der Waals surface area contributed by atoms with Gasteiger partial charge in [0.1, 0.15) is 5.76 Å². The number of benzene rings is 2. The van der Waals surface area contributed by atoms with E-state index >= 15 is 0 Å². The quantitative estimate of drug-likeness (QED) is 0.392. The third-order valence-corrected chi connectivity index (χ3v) is 5.86. The van der Waals surface area contributed by atoms with Crippen LogP contribution >= 0.6 is 11.3 Å². The van der Waals surface area contributed by atoms with Crippen molar-refractivity contribution < 1.29 is 24.2 Å². The van der Waals surface area contributed by atoms with Gasteiger partial charge in [-0.15, -0.1) is 0 Å². The van der Waals surface area contributed by atoms with Crippen molar-refractivity contribution >= 4 is 28.9 Å². The van der Waals surface area contributed by atoms with Gasteiger partial charge in [0.15, 0.2) is 11.6 Å². The lowest BCUT2D eigenvalue weighted by Gasteiger charge is -2.23. The number of nitrogens with one attached hydrogen (secondary N) is 1. The van der Waals surface area contributed by atoms with Crippen molar-refractivity contribution in [3.63, 3.8) is 0 Å². The molecular formula is C23H19N3O6S. The smallest absolute Gasteiger partial charge is 0.335 e. The van der Waals surface area contributed by atoms with E-state index in [-0.39, 0.29) is 28.6 Å². The number of H-pyrrole nitrogens is 1. The van der Waals surface area contributed by atoms with Gasteiger partial charge in [-0.05, 0) is 36.2 Å². The zero-order valence-corrected chi connectivity index (χ0v) is 18.5. The van der Waals surface area contributed by atoms with Crippen LogP contribution in [-0.2, 0) is 6.54 Å². The van der Waals surface area contributed by atoms with Crippen LogP contribution in [0.4, 0.5) is 5.69 Å². The van der Waals surface area contributed by atoms with Crippen LogP contribution in [0.25, 0.3) is 10.4 Å². The molecule has 2 heterocycles. The SMILES string of the molecule is Cc1nc(C(=O)N(Cc2ccc(-c3sc(=O)[nH]c3O)cc2)c2cccc(C(=O)O)c2)c(C)o1. The summed E-state index contributed by atoms with van der Waals surface area (Å²) in [6.45, 7) is 3.41. The number of anilines is 1. The highest BCUT2D eigenvalue weighted by Gasteiger charge is 2.24. The molecule has 1 amide bonds. The van der Waals surface area contributed by atoms with E-state index in [0.29, 0.717) is 27.8 Å². The van der Waals surface area contributed by atoms with Crippen molar-refractivity contribution in [3.8, 4) is 16.3 Å². The van der Waals surface area contributed by atoms with Gasteiger partial charge in [0.25, 0.3) is 5.91 Å². The predicted molar refractivity (Wildman–Crippen MR) is 122 cm³/mol. The highest BCUT2D eigenvalue weighted by molar-refractivity contribution is 7.13. The molecular weight excluding hydrogens is 446 g/mol. The lowest BCUT2D eigenvalue weighted by molar-refractivity contribution is 0.0696. The number of hydrogen-bond acceptors (Lipinski definition) is 7. The zero-order valence-electron chi connectivity index (χ0n) is 17.7. The van der Waals surface area contributed by atoms with Crippen molar-refractivity contribution in [2.45, 2.75) is 20.4 Å². The van der Waals surface area contributed by atoms with Gasteiger partial charge < -0.3 is 19.5 Å². The fourth-order valence-corrected chi connectivity index (χ4v) is 4.14. The van der Waals surface area contributed by atoms with E-state index in [1.807, 2.05) is 0 Å². The largest absolute Gasteiger partial charge is 0.493 e. The summed E-state index contributed by atoms with van der Waals surface area (Å²) in [5, 5.41) is 19.3. The number of carboxylic acids is 1. The predicted octanol–water partition coefficient (Wildman–Crippen LogP) is 3.96. The Kier molecular flexibility index (Phi) is 5.84. The van der Waals surface area contributed by atoms with Gasteiger partial charge in [0.2, 0.25) is 5.88 Å². The third kappa shape index (κ3) is 4.55. The molecule has 0 saturated carbocycles. The number of hydrogen-bond donors (Lipinski definition) is 3. The van der Waals surface area contributed by atoms with Crippen molar-refractivity contribution in [2.24, 2.45) is 0 Å². The number of aromatic nitrogens is 2. The third-order valence-electron chi connectivity index (χ3n) is 4.94. The summed E-state index contributed by atoms with van der Waals surface area (Å²) in [5.41, 5.74) is 1.98. The summed E-state index contributed by atoms with van der Waals surface area (Å²) >= 11 is 0.895. The van der Waals surface area contributed by atoms with Gasteiger partial charge in [-0.25, -0.2) is 9.78 Å². The minimum Gasteiger partial charge on any atom is -0.493 e. The Hall–Kier alpha value is -4.18. The van der Waals surface area contributed by atoms with Gasteiger partial charge in [0, 0.05) is 12.6 Å². The van der Waals surface area contributed by atoms with Crippen molar-refractivity contribution in [1.29, 1.82) is 0 Å². The Morgan fingerprint density at radius 3 is 2.45 bits per heavy atom. The molecule has 0 radical (unpaired) electrons. The first-order chi connectivity index (χ1) is 15.7. The molecule has 0 saturated heterocycles. The molecule has 0 aliphatic rings. The second-order valence-electron chi connectivity index (χ2n) is 7.27. The first-order valence-electron chi connectivity index (χ1n) is 9.83. The Labute approximate surface area is 191 Å². The van der Waals surface area contributed by atoms with Crippen molar-refractivity contribution in [3.05, 3.63) is 86.7 Å². The molecule has 0 aliphatic heterocycles. The molecule has 0 fully saturated rings. The Morgan fingerprint density at radius 1 is 1.15 bits per heavy atom. The molecule has 0 spiro atoms. The van der Waals surface area contributed by atoms with E-state index in [1.165, 1.54) is 17.0 Å². The van der Waals surface area contributed by atoms with Gasteiger partial charge >= 0.3 is 10.8 Å². The number of aromatic hydroxyl groups is 1. The first kappa shape index (κ1) is 22.0. The standard InChI is InChI=1S/C23H19N3O6S/c1-12-18(24-13(2)32-12)21(28)26(17-5-3-4-16(10-17)22(29)30)11-14-6-8-15(9-7-14)19-20(27)25-23(31)33-19/h3-10,27H,11H2,1-2H3,(H,25,31)(H,29,30). The van der Waals surface area contributed by atoms with E-state index in [2.05, 4.69) is 9.97 Å². The molecule has 0 unspecified atom stereocenters. The molecule has 4 rings (SSSR count). The number of carbonyl (C=O) groups excluding carboxylic acids is 1. The number of aryl methyl sites for hydroxylation is 2. The Morgan fingerprint density at radius 2 is 1.88 bits per heavy atom. The molecule has 168 valence electrons. The average molecular weight is 465 g/mol. The minimum atomic E-state index is -1.10. The topological polar surface area (TPSA) is 137 Å². The fourth-order valence-electron chi connectivity index (χ4n) is 3.40. The molecule has 0 aliphatic carbocycles. The number of carboxylic acid groups (broad SMARTS) is 1. The average Bonchev–Trinajstić information content (AvgIpc) is 3.31. The monoisotopic (exact) mass is 465 g/mol. The Balaban J connectivity index is 1.70. The molecule has 0 bridgehead atoms. The lowest BCUT2D eigenvalue weighted by atomic mass is 10.1. The molecule has 2 aromatic heterocycles. The number of amides is 1. The molecule has 0 atom stereocenters. The highest BCUT2D eigenvalue weighted by Crippen LogP contribution is 2.30. The molecule has 4 aromatic rings. The van der Waals surface area contributed by atoms with E-state index in [9.17, 15) is 24.6 Å². The molecule has 2 aromatic carbocycles. The van der Waals surface area contributed by atoms with Gasteiger partial charge in [0.05, 0.1) is 17.0 Å². The van der Waals surface area contributed by atoms with Crippen molar-refractivity contribution in [1.82, 2.24) is 9.97 Å².